The molecule has 0 bridgehead atoms. The van der Waals surface area contributed by atoms with Crippen molar-refractivity contribution in [3.05, 3.63) is 29.8 Å². The normalized spacial score (nSPS) is 17.6. The Morgan fingerprint density at radius 1 is 0.756 bits per heavy atom. The molecule has 1 saturated carbocycles. The van der Waals surface area contributed by atoms with Crippen molar-refractivity contribution in [2.24, 2.45) is 4.99 Å². The maximum atomic E-state index is 12.0. The summed E-state index contributed by atoms with van der Waals surface area (Å²) in [7, 11) is 0. The fraction of sp³-hybridized carbons (Fsp3) is 0.538. The number of hydrogen-bond acceptors (Lipinski definition) is 10. The number of benzene rings is 1. The first-order valence-electron chi connectivity index (χ1n) is 12.9. The quantitative estimate of drug-likeness (QED) is 0.119. The molecule has 41 heavy (non-hydrogen) atoms. The molecule has 0 radical (unpaired) electrons. The van der Waals surface area contributed by atoms with Crippen LogP contribution in [-0.4, -0.2) is 133 Å². The summed E-state index contributed by atoms with van der Waals surface area (Å²) in [5.74, 6) is -6.18. The molecule has 3 atom stereocenters. The van der Waals surface area contributed by atoms with E-state index in [1.54, 1.807) is 29.2 Å². The van der Waals surface area contributed by atoms with Crippen LogP contribution in [0.25, 0.3) is 0 Å². The first-order valence-corrected chi connectivity index (χ1v) is 13.3. The van der Waals surface area contributed by atoms with Crippen molar-refractivity contribution in [3.63, 3.8) is 0 Å². The van der Waals surface area contributed by atoms with Gasteiger partial charge in [-0.2, -0.15) is 4.99 Å². The summed E-state index contributed by atoms with van der Waals surface area (Å²) in [6.07, 6.45) is 2.40. The third-order valence-electron chi connectivity index (χ3n) is 6.87. The monoisotopic (exact) mass is 594 g/mol. The van der Waals surface area contributed by atoms with Crippen molar-refractivity contribution in [3.8, 4) is 0 Å². The van der Waals surface area contributed by atoms with E-state index in [0.29, 0.717) is 36.9 Å². The summed E-state index contributed by atoms with van der Waals surface area (Å²) in [6, 6.07) is 4.79. The predicted molar refractivity (Wildman–Crippen MR) is 148 cm³/mol. The van der Waals surface area contributed by atoms with Crippen molar-refractivity contribution in [1.82, 2.24) is 14.7 Å². The largest absolute Gasteiger partial charge is 0.480 e. The molecule has 2 rings (SSSR count). The minimum atomic E-state index is -1.27. The first-order chi connectivity index (χ1) is 19.4. The summed E-state index contributed by atoms with van der Waals surface area (Å²) in [6.45, 7) is -2.92. The van der Waals surface area contributed by atoms with E-state index < -0.39 is 80.7 Å². The number of carbonyl (C=O) groups is 5. The lowest BCUT2D eigenvalue weighted by Crippen LogP contribution is -2.59. The van der Waals surface area contributed by atoms with E-state index in [9.17, 15) is 49.5 Å². The Morgan fingerprint density at radius 3 is 1.63 bits per heavy atom. The number of isothiocyanates is 1. The van der Waals surface area contributed by atoms with Gasteiger partial charge in [-0.1, -0.05) is 25.0 Å². The average Bonchev–Trinajstić information content (AvgIpc) is 2.87. The number of hydrogen-bond donors (Lipinski definition) is 5. The molecule has 224 valence electrons. The number of nitrogens with zero attached hydrogens (tertiary/aromatic N) is 4. The molecule has 0 aliphatic heterocycles. The third kappa shape index (κ3) is 11.7. The Labute approximate surface area is 241 Å². The summed E-state index contributed by atoms with van der Waals surface area (Å²) in [5, 5.41) is 49.9. The molecule has 14 nitrogen and oxygen atoms in total. The Kier molecular flexibility index (Phi) is 13.5. The highest BCUT2D eigenvalue weighted by Crippen LogP contribution is 2.28. The molecule has 0 aromatic heterocycles. The summed E-state index contributed by atoms with van der Waals surface area (Å²) < 4.78 is 0. The number of carboxylic acid groups (broad SMARTS) is 5. The second-order valence-corrected chi connectivity index (χ2v) is 10.0. The zero-order valence-electron chi connectivity index (χ0n) is 22.3. The molecule has 1 aromatic carbocycles. The van der Waals surface area contributed by atoms with Crippen LogP contribution < -0.4 is 0 Å². The summed E-state index contributed by atoms with van der Waals surface area (Å²) in [4.78, 5) is 66.5. The van der Waals surface area contributed by atoms with E-state index in [1.807, 2.05) is 0 Å². The molecule has 1 aromatic rings. The van der Waals surface area contributed by atoms with Crippen LogP contribution in [0.5, 0.6) is 0 Å². The third-order valence-corrected chi connectivity index (χ3v) is 6.96. The van der Waals surface area contributed by atoms with Crippen LogP contribution in [0, 0.1) is 0 Å². The average molecular weight is 595 g/mol. The van der Waals surface area contributed by atoms with E-state index in [-0.39, 0.29) is 13.0 Å². The van der Waals surface area contributed by atoms with Gasteiger partial charge in [-0.05, 0) is 49.2 Å². The lowest BCUT2D eigenvalue weighted by molar-refractivity contribution is -0.146. The highest BCUT2D eigenvalue weighted by atomic mass is 32.1. The molecule has 1 aliphatic rings. The van der Waals surface area contributed by atoms with Crippen LogP contribution in [0.3, 0.4) is 0 Å². The second-order valence-electron chi connectivity index (χ2n) is 9.85. The molecule has 1 aliphatic carbocycles. The van der Waals surface area contributed by atoms with Gasteiger partial charge in [-0.25, -0.2) is 0 Å². The molecular weight excluding hydrogens is 560 g/mol. The smallest absolute Gasteiger partial charge is 0.317 e. The molecule has 0 amide bonds. The Bertz CT molecular complexity index is 1110. The van der Waals surface area contributed by atoms with Crippen molar-refractivity contribution < 1.29 is 49.5 Å². The van der Waals surface area contributed by atoms with E-state index in [2.05, 4.69) is 22.4 Å². The van der Waals surface area contributed by atoms with E-state index in [1.165, 1.54) is 9.80 Å². The summed E-state index contributed by atoms with van der Waals surface area (Å²) in [5.41, 5.74) is 1.23. The molecule has 0 spiro atoms. The van der Waals surface area contributed by atoms with Crippen LogP contribution in [0.2, 0.25) is 0 Å². The lowest BCUT2D eigenvalue weighted by Gasteiger charge is -2.45. The number of rotatable bonds is 18. The number of thiocarbonyl (C=S) groups is 1. The van der Waals surface area contributed by atoms with Gasteiger partial charge in [0.2, 0.25) is 0 Å². The van der Waals surface area contributed by atoms with Crippen LogP contribution in [-0.2, 0) is 30.4 Å². The zero-order chi connectivity index (χ0) is 30.5. The highest BCUT2D eigenvalue weighted by Gasteiger charge is 2.38. The van der Waals surface area contributed by atoms with Gasteiger partial charge in [-0.3, -0.25) is 38.7 Å². The minimum Gasteiger partial charge on any atom is -0.480 e. The molecule has 15 heteroatoms. The molecule has 5 N–H and O–H groups in total. The molecule has 0 saturated heterocycles. The highest BCUT2D eigenvalue weighted by molar-refractivity contribution is 7.78. The molecule has 1 fully saturated rings. The van der Waals surface area contributed by atoms with Gasteiger partial charge in [0.15, 0.2) is 0 Å². The van der Waals surface area contributed by atoms with Gasteiger partial charge in [-0.15, -0.1) is 0 Å². The van der Waals surface area contributed by atoms with Gasteiger partial charge in [0.25, 0.3) is 0 Å². The fourth-order valence-electron chi connectivity index (χ4n) is 5.35. The lowest BCUT2D eigenvalue weighted by atomic mass is 9.87. The predicted octanol–water partition coefficient (Wildman–Crippen LogP) is 0.972. The number of aliphatic imine (C=N–C) groups is 1. The molecular formula is C26H34N4O10S. The number of carboxylic acids is 5. The fourth-order valence-corrected chi connectivity index (χ4v) is 5.45. The van der Waals surface area contributed by atoms with Crippen LogP contribution in [0.4, 0.5) is 5.69 Å². The van der Waals surface area contributed by atoms with E-state index in [4.69, 9.17) is 0 Å². The number of aliphatic carboxylic acids is 5. The van der Waals surface area contributed by atoms with Crippen molar-refractivity contribution in [1.29, 1.82) is 0 Å². The Balaban J connectivity index is 2.51. The molecule has 0 heterocycles. The van der Waals surface area contributed by atoms with E-state index in [0.717, 1.165) is 0 Å². The second kappa shape index (κ2) is 16.5. The summed E-state index contributed by atoms with van der Waals surface area (Å²) >= 11 is 4.61. The Morgan fingerprint density at radius 2 is 1.20 bits per heavy atom. The maximum Gasteiger partial charge on any atom is 0.317 e. The Hall–Kier alpha value is -3.75. The van der Waals surface area contributed by atoms with Crippen molar-refractivity contribution in [2.75, 3.05) is 39.3 Å². The van der Waals surface area contributed by atoms with Gasteiger partial charge >= 0.3 is 29.8 Å². The molecule has 3 unspecified atom stereocenters. The van der Waals surface area contributed by atoms with Crippen molar-refractivity contribution in [2.45, 2.75) is 50.2 Å². The van der Waals surface area contributed by atoms with Crippen LogP contribution >= 0.6 is 12.2 Å². The maximum absolute atomic E-state index is 12.0. The van der Waals surface area contributed by atoms with Gasteiger partial charge in [0.1, 0.15) is 0 Å². The topological polar surface area (TPSA) is 209 Å². The first kappa shape index (κ1) is 33.5. The zero-order valence-corrected chi connectivity index (χ0v) is 23.1. The minimum absolute atomic E-state index is 0.0676. The van der Waals surface area contributed by atoms with Gasteiger partial charge in [0, 0.05) is 24.7 Å². The standard InChI is InChI=1S/C26H34N4O10S/c31-22(32)11-28(12-23(33)34)19(9-17-5-7-18(8-6-17)27-16-41)10-29(13-24(35)36)20-3-1-2-4-21(20)30(14-25(37)38)15-26(39)40/h5-8,19-21H,1-4,9-15H2,(H,31,32)(H,33,34)(H,35,36)(H,37,38)(H,39,40). The SMILES string of the molecule is O=C(O)CN(CC(=O)O)C(Cc1ccc(N=C=S)cc1)CN(CC(=O)O)C1CCCCC1N(CC(=O)O)CC(=O)O. The van der Waals surface area contributed by atoms with Crippen LogP contribution in [0.15, 0.2) is 29.3 Å². The van der Waals surface area contributed by atoms with E-state index >= 15 is 0 Å². The van der Waals surface area contributed by atoms with Gasteiger partial charge in [0.05, 0.1) is 43.6 Å². The van der Waals surface area contributed by atoms with Crippen molar-refractivity contribution >= 4 is 52.9 Å². The van der Waals surface area contributed by atoms with Gasteiger partial charge < -0.3 is 25.5 Å². The van der Waals surface area contributed by atoms with Crippen LogP contribution in [0.1, 0.15) is 31.2 Å².